The van der Waals surface area contributed by atoms with Crippen LogP contribution in [0.5, 0.6) is 0 Å². The fourth-order valence-corrected chi connectivity index (χ4v) is 6.56. The molecule has 6 nitrogen and oxygen atoms in total. The van der Waals surface area contributed by atoms with Crippen molar-refractivity contribution in [1.29, 1.82) is 0 Å². The molecule has 0 spiro atoms. The van der Waals surface area contributed by atoms with Gasteiger partial charge in [0.05, 0.1) is 34.4 Å². The maximum Gasteiger partial charge on any atom is 0.385 e. The largest absolute Gasteiger partial charge is 0.385 e. The molecule has 0 aromatic rings. The molecule has 0 aromatic heterocycles. The van der Waals surface area contributed by atoms with Crippen LogP contribution in [0, 0.1) is 0 Å². The van der Waals surface area contributed by atoms with Crippen LogP contribution in [0.4, 0.5) is 0 Å². The standard InChI is InChI=1S/C30H62NO5P/c1-7-9-10-11-12-13-14-15-16-17-18-19-20-21-22-23-24-26-35-27-29(34-6)28-36-37(32,33)30(25-8-2)31(3,4)5/h13-14,29-30H,7-12,15-28H2,1-6H3/p+1/b14-13-/t29-,30?/m1/s1. The van der Waals surface area contributed by atoms with Gasteiger partial charge in [-0.05, 0) is 38.5 Å². The van der Waals surface area contributed by atoms with Crippen LogP contribution in [0.15, 0.2) is 12.2 Å². The Morgan fingerprint density at radius 2 is 1.27 bits per heavy atom. The zero-order valence-electron chi connectivity index (χ0n) is 25.4. The predicted molar refractivity (Wildman–Crippen MR) is 158 cm³/mol. The van der Waals surface area contributed by atoms with E-state index in [9.17, 15) is 9.46 Å². The molecule has 37 heavy (non-hydrogen) atoms. The fraction of sp³-hybridized carbons (Fsp3) is 0.933. The van der Waals surface area contributed by atoms with Crippen molar-refractivity contribution >= 4 is 7.60 Å². The van der Waals surface area contributed by atoms with Crippen molar-refractivity contribution in [3.05, 3.63) is 12.2 Å². The molecule has 0 aliphatic carbocycles. The summed E-state index contributed by atoms with van der Waals surface area (Å²) in [5.41, 5.74) is 0. The number of methoxy groups -OCH3 is 1. The van der Waals surface area contributed by atoms with Gasteiger partial charge in [0.15, 0.2) is 5.78 Å². The molecule has 0 bridgehead atoms. The minimum atomic E-state index is -3.75. The smallest absolute Gasteiger partial charge is 0.379 e. The molecule has 2 unspecified atom stereocenters. The normalized spacial score (nSPS) is 15.8. The Hall–Kier alpha value is -0.230. The van der Waals surface area contributed by atoms with Gasteiger partial charge in [-0.2, -0.15) is 0 Å². The van der Waals surface area contributed by atoms with Crippen molar-refractivity contribution in [3.63, 3.8) is 0 Å². The summed E-state index contributed by atoms with van der Waals surface area (Å²) in [6.07, 6.45) is 25.4. The van der Waals surface area contributed by atoms with Crippen molar-refractivity contribution in [2.45, 2.75) is 135 Å². The van der Waals surface area contributed by atoms with Crippen LogP contribution in [-0.2, 0) is 18.6 Å². The van der Waals surface area contributed by atoms with Crippen LogP contribution in [0.2, 0.25) is 0 Å². The molecule has 0 saturated heterocycles. The molecule has 3 atom stereocenters. The van der Waals surface area contributed by atoms with Gasteiger partial charge < -0.3 is 23.4 Å². The Balaban J connectivity index is 3.70. The Labute approximate surface area is 230 Å². The van der Waals surface area contributed by atoms with Gasteiger partial charge in [-0.15, -0.1) is 0 Å². The van der Waals surface area contributed by atoms with Crippen LogP contribution < -0.4 is 0 Å². The van der Waals surface area contributed by atoms with E-state index in [0.717, 1.165) is 12.8 Å². The Kier molecular flexibility index (Phi) is 23.5. The predicted octanol–water partition coefficient (Wildman–Crippen LogP) is 8.48. The van der Waals surface area contributed by atoms with Crippen molar-refractivity contribution in [2.24, 2.45) is 0 Å². The third-order valence-electron chi connectivity index (χ3n) is 6.95. The maximum atomic E-state index is 12.8. The monoisotopic (exact) mass is 548 g/mol. The molecular formula is C30H63NO5P+. The van der Waals surface area contributed by atoms with Crippen LogP contribution in [0.3, 0.4) is 0 Å². The number of hydrogen-bond acceptors (Lipinski definition) is 4. The highest BCUT2D eigenvalue weighted by atomic mass is 31.2. The molecule has 0 rings (SSSR count). The van der Waals surface area contributed by atoms with Crippen LogP contribution in [0.25, 0.3) is 0 Å². The summed E-state index contributed by atoms with van der Waals surface area (Å²) in [6, 6.07) is 0. The van der Waals surface area contributed by atoms with Gasteiger partial charge in [0.1, 0.15) is 6.10 Å². The van der Waals surface area contributed by atoms with Gasteiger partial charge in [-0.25, -0.2) is 0 Å². The Morgan fingerprint density at radius 1 is 0.757 bits per heavy atom. The van der Waals surface area contributed by atoms with Crippen molar-refractivity contribution in [3.8, 4) is 0 Å². The molecule has 1 N–H and O–H groups in total. The molecule has 0 aromatic carbocycles. The van der Waals surface area contributed by atoms with E-state index in [-0.39, 0.29) is 12.7 Å². The first-order chi connectivity index (χ1) is 17.7. The lowest BCUT2D eigenvalue weighted by Crippen LogP contribution is -2.45. The number of hydrogen-bond donors (Lipinski definition) is 1. The number of allylic oxidation sites excluding steroid dienone is 2. The van der Waals surface area contributed by atoms with E-state index in [0.29, 0.717) is 24.1 Å². The third kappa shape index (κ3) is 21.3. The van der Waals surface area contributed by atoms with E-state index in [2.05, 4.69) is 19.1 Å². The number of quaternary nitrogens is 1. The average Bonchev–Trinajstić information content (AvgIpc) is 2.84. The minimum Gasteiger partial charge on any atom is -0.379 e. The number of ether oxygens (including phenoxy) is 2. The highest BCUT2D eigenvalue weighted by molar-refractivity contribution is 7.53. The van der Waals surface area contributed by atoms with E-state index in [4.69, 9.17) is 14.0 Å². The van der Waals surface area contributed by atoms with Crippen molar-refractivity contribution in [1.82, 2.24) is 0 Å². The molecule has 0 aliphatic rings. The molecule has 7 heteroatoms. The molecule has 0 radical (unpaired) electrons. The summed E-state index contributed by atoms with van der Waals surface area (Å²) in [7, 11) is 3.63. The third-order valence-corrected chi connectivity index (χ3v) is 9.17. The Morgan fingerprint density at radius 3 is 1.76 bits per heavy atom. The SMILES string of the molecule is CCCCCC/C=C\CCCCCCCCCCCOC[C@H](COP(=O)(O)C(CCC)[N+](C)(C)C)OC. The zero-order chi connectivity index (χ0) is 27.8. The molecule has 0 saturated carbocycles. The lowest BCUT2D eigenvalue weighted by atomic mass is 10.1. The first kappa shape index (κ1) is 36.8. The molecule has 0 fully saturated rings. The average molecular weight is 549 g/mol. The second-order valence-electron chi connectivity index (χ2n) is 11.5. The highest BCUT2D eigenvalue weighted by Gasteiger charge is 2.42. The fourth-order valence-electron chi connectivity index (χ4n) is 4.55. The number of unbranched alkanes of at least 4 members (excludes halogenated alkanes) is 13. The quantitative estimate of drug-likeness (QED) is 0.0483. The molecule has 0 amide bonds. The van der Waals surface area contributed by atoms with E-state index >= 15 is 0 Å². The summed E-state index contributed by atoms with van der Waals surface area (Å²) in [5, 5.41) is 0. The molecule has 0 aliphatic heterocycles. The van der Waals surface area contributed by atoms with Gasteiger partial charge in [0.2, 0.25) is 0 Å². The molecular weight excluding hydrogens is 485 g/mol. The Bertz CT molecular complexity index is 579. The van der Waals surface area contributed by atoms with E-state index in [1.54, 1.807) is 7.11 Å². The van der Waals surface area contributed by atoms with E-state index < -0.39 is 13.4 Å². The second kappa shape index (κ2) is 23.6. The summed E-state index contributed by atoms with van der Waals surface area (Å²) >= 11 is 0. The van der Waals surface area contributed by atoms with E-state index in [1.807, 2.05) is 28.1 Å². The first-order valence-corrected chi connectivity index (χ1v) is 16.9. The summed E-state index contributed by atoms with van der Waals surface area (Å²) < 4.78 is 29.9. The lowest BCUT2D eigenvalue weighted by molar-refractivity contribution is -0.883. The minimum absolute atomic E-state index is 0.0693. The maximum absolute atomic E-state index is 12.8. The van der Waals surface area contributed by atoms with Gasteiger partial charge in [0, 0.05) is 20.1 Å². The van der Waals surface area contributed by atoms with Gasteiger partial charge in [0.25, 0.3) is 0 Å². The lowest BCUT2D eigenvalue weighted by Gasteiger charge is -2.36. The van der Waals surface area contributed by atoms with Crippen molar-refractivity contribution in [2.75, 3.05) is 48.1 Å². The molecule has 222 valence electrons. The van der Waals surface area contributed by atoms with Crippen LogP contribution in [0.1, 0.15) is 123 Å². The highest BCUT2D eigenvalue weighted by Crippen LogP contribution is 2.51. The number of rotatable bonds is 27. The van der Waals surface area contributed by atoms with Gasteiger partial charge in [-0.3, -0.25) is 4.57 Å². The van der Waals surface area contributed by atoms with Crippen LogP contribution >= 0.6 is 7.60 Å². The summed E-state index contributed by atoms with van der Waals surface area (Å²) in [4.78, 5) is 10.5. The second-order valence-corrected chi connectivity index (χ2v) is 13.5. The number of nitrogens with zero attached hydrogens (tertiary/aromatic N) is 1. The summed E-state index contributed by atoms with van der Waals surface area (Å²) in [6.45, 7) is 5.43. The van der Waals surface area contributed by atoms with E-state index in [1.165, 1.54) is 89.9 Å². The molecule has 0 heterocycles. The summed E-state index contributed by atoms with van der Waals surface area (Å²) in [5.74, 6) is -0.442. The van der Waals surface area contributed by atoms with Crippen LogP contribution in [-0.4, -0.2) is 69.3 Å². The van der Waals surface area contributed by atoms with Gasteiger partial charge >= 0.3 is 7.60 Å². The van der Waals surface area contributed by atoms with Crippen molar-refractivity contribution < 1.29 is 27.9 Å². The zero-order valence-corrected chi connectivity index (χ0v) is 26.3. The topological polar surface area (TPSA) is 65.0 Å². The van der Waals surface area contributed by atoms with Gasteiger partial charge in [-0.1, -0.05) is 90.2 Å². The first-order valence-electron chi connectivity index (χ1n) is 15.2.